The minimum absolute atomic E-state index is 0.181. The zero-order valence-electron chi connectivity index (χ0n) is 17.6. The molecular formula is C22H30BrNO3. The average molecular weight is 436 g/mol. The van der Waals surface area contributed by atoms with E-state index in [9.17, 15) is 4.79 Å². The van der Waals surface area contributed by atoms with Gasteiger partial charge in [0, 0.05) is 9.86 Å². The number of ether oxygens (including phenoxy) is 2. The monoisotopic (exact) mass is 435 g/mol. The van der Waals surface area contributed by atoms with Crippen molar-refractivity contribution in [3.63, 3.8) is 0 Å². The molecular weight excluding hydrogens is 406 g/mol. The lowest BCUT2D eigenvalue weighted by atomic mass is 9.97. The standard InChI is InChI=1S/C22H30BrNO3/c1-13-9-18-15(11-17(23)14(2)24-18)10-16(13)19(27-22(6,7)8)12-26-20(25)21(3,4)5/h9-11,19H,12H2,1-8H3. The second-order valence-electron chi connectivity index (χ2n) is 9.02. The Hall–Kier alpha value is -1.46. The van der Waals surface area contributed by atoms with Crippen LogP contribution in [0, 0.1) is 19.3 Å². The van der Waals surface area contributed by atoms with Crippen molar-refractivity contribution in [1.29, 1.82) is 0 Å². The van der Waals surface area contributed by atoms with Crippen molar-refractivity contribution in [2.24, 2.45) is 5.41 Å². The van der Waals surface area contributed by atoms with Crippen molar-refractivity contribution < 1.29 is 14.3 Å². The normalized spacial score (nSPS) is 13.7. The Labute approximate surface area is 170 Å². The Bertz CT molecular complexity index is 847. The number of fused-ring (bicyclic) bond motifs is 1. The van der Waals surface area contributed by atoms with Crippen LogP contribution >= 0.6 is 15.9 Å². The molecule has 2 rings (SSSR count). The number of aromatic nitrogens is 1. The van der Waals surface area contributed by atoms with E-state index >= 15 is 0 Å². The molecule has 148 valence electrons. The number of carbonyl (C=O) groups excluding carboxylic acids is 1. The van der Waals surface area contributed by atoms with Gasteiger partial charge in [0.05, 0.1) is 22.2 Å². The smallest absolute Gasteiger partial charge is 0.311 e. The summed E-state index contributed by atoms with van der Waals surface area (Å²) < 4.78 is 12.8. The first kappa shape index (κ1) is 21.8. The van der Waals surface area contributed by atoms with E-state index < -0.39 is 5.41 Å². The zero-order chi connectivity index (χ0) is 20.6. The number of hydrogen-bond acceptors (Lipinski definition) is 4. The summed E-state index contributed by atoms with van der Waals surface area (Å²) in [5, 5.41) is 1.03. The lowest BCUT2D eigenvalue weighted by molar-refractivity contribution is -0.162. The molecule has 0 spiro atoms. The first-order valence-corrected chi connectivity index (χ1v) is 9.99. The molecule has 1 unspecified atom stereocenters. The van der Waals surface area contributed by atoms with Crippen LogP contribution in [0.1, 0.15) is 64.5 Å². The second kappa shape index (κ2) is 7.88. The van der Waals surface area contributed by atoms with Crippen molar-refractivity contribution in [3.8, 4) is 0 Å². The number of halogens is 1. The maximum atomic E-state index is 12.3. The van der Waals surface area contributed by atoms with Crippen LogP contribution in [0.4, 0.5) is 0 Å². The third kappa shape index (κ3) is 5.76. The minimum atomic E-state index is -0.545. The number of carbonyl (C=O) groups is 1. The van der Waals surface area contributed by atoms with Crippen LogP contribution in [-0.4, -0.2) is 23.2 Å². The van der Waals surface area contributed by atoms with Gasteiger partial charge in [-0.25, -0.2) is 0 Å². The van der Waals surface area contributed by atoms with Crippen molar-refractivity contribution >= 4 is 32.8 Å². The van der Waals surface area contributed by atoms with E-state index in [4.69, 9.17) is 9.47 Å². The Balaban J connectivity index is 2.43. The molecule has 1 heterocycles. The van der Waals surface area contributed by atoms with Gasteiger partial charge in [0.1, 0.15) is 12.7 Å². The summed E-state index contributed by atoms with van der Waals surface area (Å²) in [4.78, 5) is 16.9. The summed E-state index contributed by atoms with van der Waals surface area (Å²) in [5.74, 6) is -0.233. The lowest BCUT2D eigenvalue weighted by Gasteiger charge is -2.29. The summed E-state index contributed by atoms with van der Waals surface area (Å²) >= 11 is 3.55. The SMILES string of the molecule is Cc1cc2nc(C)c(Br)cc2cc1C(COC(=O)C(C)(C)C)OC(C)(C)C. The fourth-order valence-electron chi connectivity index (χ4n) is 2.74. The number of esters is 1. The highest BCUT2D eigenvalue weighted by molar-refractivity contribution is 9.10. The zero-order valence-corrected chi connectivity index (χ0v) is 19.2. The molecule has 0 saturated heterocycles. The Kier molecular flexibility index (Phi) is 6.37. The molecule has 0 N–H and O–H groups in total. The summed E-state index contributed by atoms with van der Waals surface area (Å²) in [6.45, 7) is 15.8. The van der Waals surface area contributed by atoms with Gasteiger partial charge in [0.15, 0.2) is 0 Å². The molecule has 1 aromatic carbocycles. The van der Waals surface area contributed by atoms with Gasteiger partial charge in [-0.3, -0.25) is 9.78 Å². The molecule has 5 heteroatoms. The van der Waals surface area contributed by atoms with Crippen LogP contribution < -0.4 is 0 Å². The third-order valence-corrected chi connectivity index (χ3v) is 4.95. The number of pyridine rings is 1. The van der Waals surface area contributed by atoms with E-state index in [0.717, 1.165) is 32.2 Å². The van der Waals surface area contributed by atoms with Crippen molar-refractivity contribution in [1.82, 2.24) is 4.98 Å². The van der Waals surface area contributed by atoms with Crippen LogP contribution in [0.3, 0.4) is 0 Å². The van der Waals surface area contributed by atoms with Gasteiger partial charge in [-0.1, -0.05) is 0 Å². The molecule has 0 aliphatic carbocycles. The molecule has 1 atom stereocenters. The minimum Gasteiger partial charge on any atom is -0.462 e. The topological polar surface area (TPSA) is 48.4 Å². The fourth-order valence-corrected chi connectivity index (χ4v) is 3.08. The number of benzene rings is 1. The summed E-state index contributed by atoms with van der Waals surface area (Å²) in [7, 11) is 0. The largest absolute Gasteiger partial charge is 0.462 e. The van der Waals surface area contributed by atoms with E-state index in [1.807, 2.05) is 55.4 Å². The maximum absolute atomic E-state index is 12.3. The van der Waals surface area contributed by atoms with Gasteiger partial charge in [0.25, 0.3) is 0 Å². The fraction of sp³-hybridized carbons (Fsp3) is 0.545. The Morgan fingerprint density at radius 2 is 1.74 bits per heavy atom. The summed E-state index contributed by atoms with van der Waals surface area (Å²) in [6.07, 6.45) is -0.347. The molecule has 1 aromatic heterocycles. The molecule has 4 nitrogen and oxygen atoms in total. The molecule has 2 aromatic rings. The van der Waals surface area contributed by atoms with Gasteiger partial charge in [-0.2, -0.15) is 0 Å². The van der Waals surface area contributed by atoms with E-state index in [1.165, 1.54) is 0 Å². The van der Waals surface area contributed by atoms with Gasteiger partial charge < -0.3 is 9.47 Å². The van der Waals surface area contributed by atoms with Gasteiger partial charge >= 0.3 is 5.97 Å². The van der Waals surface area contributed by atoms with E-state index in [0.29, 0.717) is 0 Å². The molecule has 0 amide bonds. The predicted octanol–water partition coefficient (Wildman–Crippen LogP) is 6.06. The van der Waals surface area contributed by atoms with Crippen molar-refractivity contribution in [3.05, 3.63) is 39.5 Å². The van der Waals surface area contributed by atoms with Crippen molar-refractivity contribution in [2.75, 3.05) is 6.61 Å². The highest BCUT2D eigenvalue weighted by Gasteiger charge is 2.28. The number of aryl methyl sites for hydroxylation is 2. The van der Waals surface area contributed by atoms with Crippen LogP contribution in [-0.2, 0) is 14.3 Å². The number of rotatable bonds is 4. The van der Waals surface area contributed by atoms with Gasteiger partial charge in [-0.15, -0.1) is 0 Å². The molecule has 0 bridgehead atoms. The first-order chi connectivity index (χ1) is 12.3. The maximum Gasteiger partial charge on any atom is 0.311 e. The number of nitrogens with zero attached hydrogens (tertiary/aromatic N) is 1. The Morgan fingerprint density at radius 3 is 2.30 bits per heavy atom. The Morgan fingerprint density at radius 1 is 1.11 bits per heavy atom. The van der Waals surface area contributed by atoms with Crippen LogP contribution in [0.25, 0.3) is 10.9 Å². The second-order valence-corrected chi connectivity index (χ2v) is 9.88. The molecule has 27 heavy (non-hydrogen) atoms. The van der Waals surface area contributed by atoms with Crippen molar-refractivity contribution in [2.45, 2.75) is 67.1 Å². The molecule has 0 fully saturated rings. The lowest BCUT2D eigenvalue weighted by Crippen LogP contribution is -2.29. The van der Waals surface area contributed by atoms with Gasteiger partial charge in [-0.05, 0) is 101 Å². The molecule has 0 aliphatic heterocycles. The van der Waals surface area contributed by atoms with E-state index in [-0.39, 0.29) is 24.3 Å². The van der Waals surface area contributed by atoms with E-state index in [2.05, 4.69) is 39.1 Å². The van der Waals surface area contributed by atoms with E-state index in [1.54, 1.807) is 0 Å². The highest BCUT2D eigenvalue weighted by atomic mass is 79.9. The van der Waals surface area contributed by atoms with Crippen LogP contribution in [0.5, 0.6) is 0 Å². The average Bonchev–Trinajstić information content (AvgIpc) is 2.50. The highest BCUT2D eigenvalue weighted by Crippen LogP contribution is 2.32. The predicted molar refractivity (Wildman–Crippen MR) is 113 cm³/mol. The van der Waals surface area contributed by atoms with Crippen LogP contribution in [0.2, 0.25) is 0 Å². The summed E-state index contributed by atoms with van der Waals surface area (Å²) in [6, 6.07) is 6.22. The number of hydrogen-bond donors (Lipinski definition) is 0. The molecule has 0 radical (unpaired) electrons. The van der Waals surface area contributed by atoms with Gasteiger partial charge in [0.2, 0.25) is 0 Å². The molecule has 0 saturated carbocycles. The first-order valence-electron chi connectivity index (χ1n) is 9.20. The summed E-state index contributed by atoms with van der Waals surface area (Å²) in [5.41, 5.74) is 3.06. The molecule has 0 aliphatic rings. The third-order valence-electron chi connectivity index (χ3n) is 4.15. The quantitative estimate of drug-likeness (QED) is 0.547. The van der Waals surface area contributed by atoms with Crippen LogP contribution in [0.15, 0.2) is 22.7 Å².